The van der Waals surface area contributed by atoms with Crippen molar-refractivity contribution in [3.05, 3.63) is 23.3 Å². The zero-order valence-electron chi connectivity index (χ0n) is 18.5. The van der Waals surface area contributed by atoms with Gasteiger partial charge >= 0.3 is 0 Å². The van der Waals surface area contributed by atoms with Crippen molar-refractivity contribution in [2.24, 2.45) is 29.1 Å². The molecule has 1 spiro atoms. The van der Waals surface area contributed by atoms with E-state index in [1.807, 2.05) is 6.08 Å². The summed E-state index contributed by atoms with van der Waals surface area (Å²) in [5.41, 5.74) is 0.628. The van der Waals surface area contributed by atoms with Gasteiger partial charge < -0.3 is 9.84 Å². The molecule has 0 aromatic heterocycles. The third-order valence-corrected chi connectivity index (χ3v) is 8.68. The summed E-state index contributed by atoms with van der Waals surface area (Å²) in [4.78, 5) is 24.6. The topological polar surface area (TPSA) is 63.6 Å². The average molecular weight is 401 g/mol. The molecule has 3 aliphatic carbocycles. The third-order valence-electron chi connectivity index (χ3n) is 8.68. The summed E-state index contributed by atoms with van der Waals surface area (Å²) < 4.78 is 6.79. The van der Waals surface area contributed by atoms with Crippen LogP contribution in [0.4, 0.5) is 0 Å². The number of ether oxygens (including phenoxy) is 1. The minimum absolute atomic E-state index is 0.00341. The molecule has 160 valence electrons. The van der Waals surface area contributed by atoms with Gasteiger partial charge in [0.1, 0.15) is 12.1 Å². The van der Waals surface area contributed by atoms with Gasteiger partial charge in [0.2, 0.25) is 0 Å². The molecule has 1 unspecified atom stereocenters. The maximum absolute atomic E-state index is 12.7. The molecule has 4 aliphatic rings. The van der Waals surface area contributed by atoms with Gasteiger partial charge in [0.05, 0.1) is 23.2 Å². The predicted molar refractivity (Wildman–Crippen MR) is 112 cm³/mol. The largest absolute Gasteiger partial charge is 0.389 e. The molecule has 0 amide bonds. The smallest absolute Gasteiger partial charge is 0.146 e. The maximum atomic E-state index is 12.7. The number of fused-ring (bicyclic) bond motifs is 3. The Hall–Kier alpha value is -1.26. The molecule has 4 rings (SSSR count). The highest BCUT2D eigenvalue weighted by Gasteiger charge is 2.63. The van der Waals surface area contributed by atoms with Crippen molar-refractivity contribution in [1.29, 1.82) is 0 Å². The second-order valence-corrected chi connectivity index (χ2v) is 11.0. The standard InChI is InChI=1S/C25H36O4/c1-15(2)10-18-11-16(3)25(29-18)9-8-23(4)12-19-22(20(27)13-24(19,5)28)17(14-26)6-7-21(23)25/h6,10,14,16,18-19,21-22,28H,7-9,11-13H2,1-5H3/b17-6-/t16-,18-,19-,21?,22-,23+,24+,25-/m0/s1. The normalized spacial score (nSPS) is 51.0. The number of allylic oxidation sites excluding steroid dienone is 3. The van der Waals surface area contributed by atoms with Gasteiger partial charge in [-0.05, 0) is 75.7 Å². The number of Topliss-reactive ketones (excluding diaryl/α,β-unsaturated/α-hetero) is 1. The first-order valence-corrected chi connectivity index (χ1v) is 11.3. The lowest BCUT2D eigenvalue weighted by molar-refractivity contribution is -0.122. The third kappa shape index (κ3) is 3.18. The van der Waals surface area contributed by atoms with Crippen molar-refractivity contribution >= 4 is 12.1 Å². The maximum Gasteiger partial charge on any atom is 0.146 e. The molecule has 8 atom stereocenters. The molecule has 4 nitrogen and oxygen atoms in total. The van der Waals surface area contributed by atoms with Gasteiger partial charge in [-0.15, -0.1) is 0 Å². The number of aldehydes is 1. The number of rotatable bonds is 2. The van der Waals surface area contributed by atoms with E-state index in [1.165, 1.54) is 5.57 Å². The monoisotopic (exact) mass is 400 g/mol. The van der Waals surface area contributed by atoms with Crippen molar-refractivity contribution in [2.45, 2.75) is 90.4 Å². The zero-order valence-corrected chi connectivity index (χ0v) is 18.5. The van der Waals surface area contributed by atoms with E-state index in [-0.39, 0.29) is 35.2 Å². The van der Waals surface area contributed by atoms with E-state index in [0.717, 1.165) is 38.4 Å². The van der Waals surface area contributed by atoms with Gasteiger partial charge in [-0.3, -0.25) is 9.59 Å². The molecule has 3 fully saturated rings. The summed E-state index contributed by atoms with van der Waals surface area (Å²) >= 11 is 0. The number of hydrogen-bond donors (Lipinski definition) is 1. The Morgan fingerprint density at radius 2 is 2.00 bits per heavy atom. The van der Waals surface area contributed by atoms with Crippen molar-refractivity contribution in [2.75, 3.05) is 0 Å². The zero-order chi connectivity index (χ0) is 21.2. The van der Waals surface area contributed by atoms with Crippen molar-refractivity contribution in [3.63, 3.8) is 0 Å². The van der Waals surface area contributed by atoms with Gasteiger partial charge in [0, 0.05) is 12.3 Å². The molecule has 0 aromatic carbocycles. The Morgan fingerprint density at radius 1 is 1.28 bits per heavy atom. The number of carbonyl (C=O) groups is 2. The highest BCUT2D eigenvalue weighted by Crippen LogP contribution is 2.64. The number of aliphatic hydroxyl groups is 1. The number of carbonyl (C=O) groups excluding carboxylic acids is 2. The number of ketones is 1. The summed E-state index contributed by atoms with van der Waals surface area (Å²) in [5, 5.41) is 11.1. The van der Waals surface area contributed by atoms with Crippen LogP contribution in [0.15, 0.2) is 23.3 Å². The van der Waals surface area contributed by atoms with Gasteiger partial charge in [-0.2, -0.15) is 0 Å². The minimum Gasteiger partial charge on any atom is -0.389 e. The van der Waals surface area contributed by atoms with E-state index in [0.29, 0.717) is 17.4 Å². The minimum atomic E-state index is -1.04. The SMILES string of the molecule is CC(C)=C[C@H]1C[C@H](C)[C@]2(CC[C@]3(C)C[C@H]4[C@@H](C(=O)C[C@@]4(C)O)/C(C=O)=C\CC32)O1. The van der Waals surface area contributed by atoms with Crippen LogP contribution in [-0.2, 0) is 14.3 Å². The van der Waals surface area contributed by atoms with Crippen LogP contribution < -0.4 is 0 Å². The van der Waals surface area contributed by atoms with Gasteiger partial charge in [0.25, 0.3) is 0 Å². The van der Waals surface area contributed by atoms with E-state index in [4.69, 9.17) is 4.74 Å². The average Bonchev–Trinajstić information content (AvgIpc) is 3.12. The van der Waals surface area contributed by atoms with Crippen LogP contribution in [0.3, 0.4) is 0 Å². The molecule has 29 heavy (non-hydrogen) atoms. The summed E-state index contributed by atoms with van der Waals surface area (Å²) in [7, 11) is 0. The molecule has 2 saturated carbocycles. The lowest BCUT2D eigenvalue weighted by Crippen LogP contribution is -2.46. The molecular weight excluding hydrogens is 364 g/mol. The van der Waals surface area contributed by atoms with Crippen LogP contribution in [0, 0.1) is 29.1 Å². The summed E-state index contributed by atoms with van der Waals surface area (Å²) in [6.45, 7) is 10.7. The number of hydrogen-bond acceptors (Lipinski definition) is 4. The van der Waals surface area contributed by atoms with Crippen LogP contribution in [0.5, 0.6) is 0 Å². The van der Waals surface area contributed by atoms with Gasteiger partial charge in [-0.25, -0.2) is 0 Å². The lowest BCUT2D eigenvalue weighted by Gasteiger charge is -2.45. The molecular formula is C25H36O4. The Balaban J connectivity index is 1.74. The van der Waals surface area contributed by atoms with Crippen LogP contribution in [-0.4, -0.2) is 34.5 Å². The summed E-state index contributed by atoms with van der Waals surface area (Å²) in [6.07, 6.45) is 10.0. The Kier molecular flexibility index (Phi) is 4.98. The summed E-state index contributed by atoms with van der Waals surface area (Å²) in [5.74, 6) is 0.117. The van der Waals surface area contributed by atoms with E-state index in [2.05, 4.69) is 33.8 Å². The molecule has 1 saturated heterocycles. The first kappa shape index (κ1) is 21.0. The second kappa shape index (κ2) is 6.88. The van der Waals surface area contributed by atoms with Crippen LogP contribution in [0.1, 0.15) is 73.1 Å². The second-order valence-electron chi connectivity index (χ2n) is 11.0. The fourth-order valence-electron chi connectivity index (χ4n) is 7.28. The van der Waals surface area contributed by atoms with Crippen LogP contribution >= 0.6 is 0 Å². The molecule has 0 aromatic rings. The first-order chi connectivity index (χ1) is 13.5. The highest BCUT2D eigenvalue weighted by molar-refractivity contribution is 5.94. The Bertz CT molecular complexity index is 774. The molecule has 1 heterocycles. The highest BCUT2D eigenvalue weighted by atomic mass is 16.5. The molecule has 1 aliphatic heterocycles. The first-order valence-electron chi connectivity index (χ1n) is 11.3. The predicted octanol–water partition coefficient (Wildman–Crippen LogP) is 4.41. The van der Waals surface area contributed by atoms with Gasteiger partial charge in [-0.1, -0.05) is 31.6 Å². The lowest BCUT2D eigenvalue weighted by atomic mass is 9.62. The molecule has 4 heteroatoms. The van der Waals surface area contributed by atoms with E-state index < -0.39 is 11.5 Å². The molecule has 0 bridgehead atoms. The van der Waals surface area contributed by atoms with Crippen molar-refractivity contribution in [1.82, 2.24) is 0 Å². The van der Waals surface area contributed by atoms with E-state index in [1.54, 1.807) is 6.92 Å². The van der Waals surface area contributed by atoms with E-state index >= 15 is 0 Å². The van der Waals surface area contributed by atoms with Crippen molar-refractivity contribution in [3.8, 4) is 0 Å². The Labute approximate surface area is 174 Å². The van der Waals surface area contributed by atoms with Crippen LogP contribution in [0.25, 0.3) is 0 Å². The fourth-order valence-corrected chi connectivity index (χ4v) is 7.28. The quantitative estimate of drug-likeness (QED) is 0.551. The fraction of sp³-hybridized carbons (Fsp3) is 0.760. The van der Waals surface area contributed by atoms with Crippen molar-refractivity contribution < 1.29 is 19.4 Å². The molecule has 0 radical (unpaired) electrons. The molecule has 1 N–H and O–H groups in total. The summed E-state index contributed by atoms with van der Waals surface area (Å²) in [6, 6.07) is 0. The van der Waals surface area contributed by atoms with Crippen LogP contribution in [0.2, 0.25) is 0 Å². The van der Waals surface area contributed by atoms with E-state index in [9.17, 15) is 14.7 Å². The Morgan fingerprint density at radius 3 is 2.66 bits per heavy atom. The van der Waals surface area contributed by atoms with Gasteiger partial charge in [0.15, 0.2) is 0 Å².